The predicted octanol–water partition coefficient (Wildman–Crippen LogP) is 2.83. The molecule has 6 nitrogen and oxygen atoms in total. The van der Waals surface area contributed by atoms with Gasteiger partial charge < -0.3 is 10.1 Å². The van der Waals surface area contributed by atoms with E-state index < -0.39 is 15.9 Å². The highest BCUT2D eigenvalue weighted by atomic mass is 79.9. The maximum Gasteiger partial charge on any atom is 0.250 e. The van der Waals surface area contributed by atoms with Crippen LogP contribution in [0.25, 0.3) is 0 Å². The molecule has 1 aromatic carbocycles. The average Bonchev–Trinajstić information content (AvgIpc) is 2.95. The molecule has 23 heavy (non-hydrogen) atoms. The number of hydrogen-bond acceptors (Lipinski definition) is 5. The van der Waals surface area contributed by atoms with E-state index in [-0.39, 0.29) is 10.8 Å². The number of rotatable bonds is 7. The summed E-state index contributed by atoms with van der Waals surface area (Å²) in [6.07, 6.45) is 0. The van der Waals surface area contributed by atoms with Crippen LogP contribution in [0.1, 0.15) is 6.92 Å². The van der Waals surface area contributed by atoms with Gasteiger partial charge in [-0.2, -0.15) is 0 Å². The van der Waals surface area contributed by atoms with Crippen molar-refractivity contribution in [3.8, 4) is 5.75 Å². The van der Waals surface area contributed by atoms with Gasteiger partial charge in [-0.3, -0.25) is 4.79 Å². The molecule has 0 aliphatic heterocycles. The molecule has 0 saturated carbocycles. The summed E-state index contributed by atoms with van der Waals surface area (Å²) in [6, 6.07) is 10.1. The lowest BCUT2D eigenvalue weighted by Gasteiger charge is -2.11. The van der Waals surface area contributed by atoms with Crippen LogP contribution < -0.4 is 14.8 Å². The number of anilines is 1. The fourth-order valence-electron chi connectivity index (χ4n) is 1.72. The van der Waals surface area contributed by atoms with Gasteiger partial charge in [0.25, 0.3) is 10.0 Å². The Kier molecular flexibility index (Phi) is 6.17. The number of thiophene rings is 1. The molecule has 0 bridgehead atoms. The molecule has 1 heterocycles. The van der Waals surface area contributed by atoms with Gasteiger partial charge in [0.15, 0.2) is 0 Å². The molecule has 0 aliphatic rings. The zero-order valence-corrected chi connectivity index (χ0v) is 15.4. The molecule has 1 aromatic heterocycles. The number of amides is 1. The van der Waals surface area contributed by atoms with Crippen molar-refractivity contribution in [1.29, 1.82) is 0 Å². The van der Waals surface area contributed by atoms with Crippen molar-refractivity contribution in [1.82, 2.24) is 4.72 Å². The Bertz CT molecular complexity index is 790. The molecular weight excluding hydrogens is 404 g/mol. The summed E-state index contributed by atoms with van der Waals surface area (Å²) in [5.41, 5.74) is 0.498. The fourth-order valence-corrected chi connectivity index (χ4v) is 4.76. The van der Waals surface area contributed by atoms with Gasteiger partial charge >= 0.3 is 0 Å². The average molecular weight is 419 g/mol. The first-order valence-electron chi connectivity index (χ1n) is 6.69. The van der Waals surface area contributed by atoms with Gasteiger partial charge in [0.05, 0.1) is 22.6 Å². The van der Waals surface area contributed by atoms with E-state index in [1.807, 2.05) is 6.92 Å². The van der Waals surface area contributed by atoms with Crippen LogP contribution >= 0.6 is 27.3 Å². The van der Waals surface area contributed by atoms with E-state index in [0.717, 1.165) is 11.3 Å². The zero-order chi connectivity index (χ0) is 16.9. The number of halogens is 1. The van der Waals surface area contributed by atoms with Crippen molar-refractivity contribution in [2.24, 2.45) is 0 Å². The standard InChI is InChI=1S/C14H15BrN2O4S2/c1-2-21-11-6-4-3-5-10(11)17-13(18)9-16-23(19,20)14-8-7-12(15)22-14/h3-8,16H,2,9H2,1H3,(H,17,18). The highest BCUT2D eigenvalue weighted by Crippen LogP contribution is 2.26. The summed E-state index contributed by atoms with van der Waals surface area (Å²) in [4.78, 5) is 12.0. The van der Waals surface area contributed by atoms with E-state index in [9.17, 15) is 13.2 Å². The van der Waals surface area contributed by atoms with Crippen LogP contribution in [0.15, 0.2) is 44.4 Å². The van der Waals surface area contributed by atoms with Crippen molar-refractivity contribution in [3.05, 3.63) is 40.2 Å². The molecule has 2 aromatic rings. The number of para-hydroxylation sites is 2. The molecule has 1 amide bonds. The molecular formula is C14H15BrN2O4S2. The SMILES string of the molecule is CCOc1ccccc1NC(=O)CNS(=O)(=O)c1ccc(Br)s1. The van der Waals surface area contributed by atoms with E-state index in [4.69, 9.17) is 4.74 Å². The topological polar surface area (TPSA) is 84.5 Å². The molecule has 0 radical (unpaired) electrons. The molecule has 0 spiro atoms. The van der Waals surface area contributed by atoms with Crippen molar-refractivity contribution in [2.75, 3.05) is 18.5 Å². The molecule has 124 valence electrons. The second-order valence-corrected chi connectivity index (χ2v) is 8.82. The van der Waals surface area contributed by atoms with Crippen molar-refractivity contribution >= 4 is 48.9 Å². The third-order valence-corrected chi connectivity index (χ3v) is 6.21. The first-order chi connectivity index (χ1) is 10.9. The second kappa shape index (κ2) is 7.91. The Balaban J connectivity index is 1.98. The lowest BCUT2D eigenvalue weighted by Crippen LogP contribution is -2.32. The molecule has 0 fully saturated rings. The van der Waals surface area contributed by atoms with Gasteiger partial charge in [0, 0.05) is 0 Å². The summed E-state index contributed by atoms with van der Waals surface area (Å²) in [5, 5.41) is 2.63. The maximum absolute atomic E-state index is 12.0. The maximum atomic E-state index is 12.0. The molecule has 0 atom stereocenters. The third kappa shape index (κ3) is 5.03. The van der Waals surface area contributed by atoms with E-state index >= 15 is 0 Å². The lowest BCUT2D eigenvalue weighted by molar-refractivity contribution is -0.115. The quantitative estimate of drug-likeness (QED) is 0.723. The van der Waals surface area contributed by atoms with Crippen LogP contribution in [-0.2, 0) is 14.8 Å². The third-order valence-electron chi connectivity index (χ3n) is 2.70. The van der Waals surface area contributed by atoms with Crippen LogP contribution in [0, 0.1) is 0 Å². The first-order valence-corrected chi connectivity index (χ1v) is 9.78. The number of carbonyl (C=O) groups is 1. The Morgan fingerprint density at radius 2 is 2.00 bits per heavy atom. The molecule has 2 N–H and O–H groups in total. The largest absolute Gasteiger partial charge is 0.492 e. The minimum absolute atomic E-state index is 0.145. The Morgan fingerprint density at radius 1 is 1.26 bits per heavy atom. The highest BCUT2D eigenvalue weighted by molar-refractivity contribution is 9.11. The van der Waals surface area contributed by atoms with Crippen LogP contribution in [-0.4, -0.2) is 27.5 Å². The van der Waals surface area contributed by atoms with Crippen LogP contribution in [0.2, 0.25) is 0 Å². The summed E-state index contributed by atoms with van der Waals surface area (Å²) in [6.45, 7) is 1.94. The Labute approximate surface area is 147 Å². The van der Waals surface area contributed by atoms with E-state index in [0.29, 0.717) is 21.8 Å². The number of ether oxygens (including phenoxy) is 1. The first kappa shape index (κ1) is 17.9. The monoisotopic (exact) mass is 418 g/mol. The van der Waals surface area contributed by atoms with Gasteiger partial charge in [0.2, 0.25) is 5.91 Å². The number of carbonyl (C=O) groups excluding carboxylic acids is 1. The van der Waals surface area contributed by atoms with Crippen LogP contribution in [0.3, 0.4) is 0 Å². The van der Waals surface area contributed by atoms with Crippen LogP contribution in [0.5, 0.6) is 5.75 Å². The van der Waals surface area contributed by atoms with Crippen molar-refractivity contribution < 1.29 is 17.9 Å². The van der Waals surface area contributed by atoms with Crippen LogP contribution in [0.4, 0.5) is 5.69 Å². The number of benzene rings is 1. The van der Waals surface area contributed by atoms with E-state index in [1.54, 1.807) is 30.3 Å². The minimum Gasteiger partial charge on any atom is -0.492 e. The molecule has 0 aliphatic carbocycles. The number of nitrogens with one attached hydrogen (secondary N) is 2. The fraction of sp³-hybridized carbons (Fsp3) is 0.214. The van der Waals surface area contributed by atoms with E-state index in [2.05, 4.69) is 26.0 Å². The van der Waals surface area contributed by atoms with Crippen molar-refractivity contribution in [3.63, 3.8) is 0 Å². The molecule has 0 saturated heterocycles. The summed E-state index contributed by atoms with van der Waals surface area (Å²) < 4.78 is 32.6. The lowest BCUT2D eigenvalue weighted by atomic mass is 10.3. The molecule has 0 unspecified atom stereocenters. The van der Waals surface area contributed by atoms with Gasteiger partial charge in [0.1, 0.15) is 9.96 Å². The van der Waals surface area contributed by atoms with Gasteiger partial charge in [-0.15, -0.1) is 11.3 Å². The smallest absolute Gasteiger partial charge is 0.250 e. The molecule has 9 heteroatoms. The minimum atomic E-state index is -3.70. The zero-order valence-electron chi connectivity index (χ0n) is 12.2. The predicted molar refractivity (Wildman–Crippen MR) is 93.4 cm³/mol. The summed E-state index contributed by atoms with van der Waals surface area (Å²) in [7, 11) is -3.70. The Morgan fingerprint density at radius 3 is 2.65 bits per heavy atom. The Hall–Kier alpha value is -1.42. The number of sulfonamides is 1. The van der Waals surface area contributed by atoms with Gasteiger partial charge in [-0.25, -0.2) is 13.1 Å². The van der Waals surface area contributed by atoms with E-state index in [1.165, 1.54) is 6.07 Å². The summed E-state index contributed by atoms with van der Waals surface area (Å²) >= 11 is 4.28. The normalized spacial score (nSPS) is 11.2. The number of hydrogen-bond donors (Lipinski definition) is 2. The van der Waals surface area contributed by atoms with Crippen molar-refractivity contribution in [2.45, 2.75) is 11.1 Å². The van der Waals surface area contributed by atoms with Gasteiger partial charge in [-0.05, 0) is 47.1 Å². The molecule has 2 rings (SSSR count). The summed E-state index contributed by atoms with van der Waals surface area (Å²) in [5.74, 6) is 0.0599. The second-order valence-electron chi connectivity index (χ2n) is 4.36. The highest BCUT2D eigenvalue weighted by Gasteiger charge is 2.18. The van der Waals surface area contributed by atoms with Gasteiger partial charge in [-0.1, -0.05) is 12.1 Å².